The predicted octanol–water partition coefficient (Wildman–Crippen LogP) is 2.61. The minimum Gasteiger partial charge on any atom is -0.507 e. The second-order valence-electron chi connectivity index (χ2n) is 3.47. The zero-order valence-corrected chi connectivity index (χ0v) is 9.62. The Balaban J connectivity index is 3.22. The highest BCUT2D eigenvalue weighted by Crippen LogP contribution is 2.26. The number of phenolic OH excluding ortho intramolecular Hbond substituents is 1. The van der Waals surface area contributed by atoms with Crippen LogP contribution in [0.1, 0.15) is 28.4 Å². The van der Waals surface area contributed by atoms with Crippen molar-refractivity contribution in [1.82, 2.24) is 0 Å². The number of phenols is 1. The van der Waals surface area contributed by atoms with Gasteiger partial charge in [-0.1, -0.05) is 12.1 Å². The van der Waals surface area contributed by atoms with Crippen LogP contribution in [0.2, 0.25) is 0 Å². The first-order valence-corrected chi connectivity index (χ1v) is 5.21. The molecule has 0 amide bonds. The second kappa shape index (κ2) is 5.35. The van der Waals surface area contributed by atoms with Crippen molar-refractivity contribution in [1.29, 1.82) is 0 Å². The van der Waals surface area contributed by atoms with Gasteiger partial charge < -0.3 is 9.84 Å². The Bertz CT molecular complexity index is 408. The number of carbonyl (C=O) groups excluding carboxylic acids is 1. The van der Waals surface area contributed by atoms with E-state index in [-0.39, 0.29) is 5.75 Å². The third-order valence-electron chi connectivity index (χ3n) is 2.33. The Kier molecular flexibility index (Phi) is 4.11. The molecule has 0 aliphatic carbocycles. The van der Waals surface area contributed by atoms with Gasteiger partial charge >= 0.3 is 5.97 Å². The van der Waals surface area contributed by atoms with Crippen LogP contribution < -0.4 is 0 Å². The molecule has 1 aromatic carbocycles. The summed E-state index contributed by atoms with van der Waals surface area (Å²) < 4.78 is 4.93. The van der Waals surface area contributed by atoms with Crippen LogP contribution in [0.5, 0.6) is 5.75 Å². The quantitative estimate of drug-likeness (QED) is 0.626. The molecule has 16 heavy (non-hydrogen) atoms. The summed E-state index contributed by atoms with van der Waals surface area (Å²) >= 11 is 0. The van der Waals surface area contributed by atoms with E-state index in [9.17, 15) is 9.90 Å². The van der Waals surface area contributed by atoms with E-state index in [1.807, 2.05) is 0 Å². The molecule has 1 rings (SSSR count). The van der Waals surface area contributed by atoms with Gasteiger partial charge in [0.2, 0.25) is 0 Å². The average Bonchev–Trinajstić information content (AvgIpc) is 2.25. The molecule has 0 heterocycles. The van der Waals surface area contributed by atoms with E-state index in [4.69, 9.17) is 4.74 Å². The van der Waals surface area contributed by atoms with Crippen molar-refractivity contribution in [2.75, 3.05) is 6.61 Å². The van der Waals surface area contributed by atoms with Gasteiger partial charge in [-0.3, -0.25) is 0 Å². The van der Waals surface area contributed by atoms with Gasteiger partial charge in [-0.15, -0.1) is 6.58 Å². The Labute approximate surface area is 95.4 Å². The van der Waals surface area contributed by atoms with Gasteiger partial charge in [0, 0.05) is 5.56 Å². The summed E-state index contributed by atoms with van der Waals surface area (Å²) in [6.45, 7) is 7.47. The van der Waals surface area contributed by atoms with E-state index in [2.05, 4.69) is 6.58 Å². The van der Waals surface area contributed by atoms with E-state index in [0.717, 1.165) is 5.56 Å². The lowest BCUT2D eigenvalue weighted by Gasteiger charge is -2.11. The smallest absolute Gasteiger partial charge is 0.338 e. The number of esters is 1. The third kappa shape index (κ3) is 2.42. The third-order valence-corrected chi connectivity index (χ3v) is 2.33. The highest BCUT2D eigenvalue weighted by atomic mass is 16.5. The maximum absolute atomic E-state index is 11.6. The molecule has 3 nitrogen and oxygen atoms in total. The molecule has 0 saturated carbocycles. The number of carbonyl (C=O) groups is 1. The molecule has 0 radical (unpaired) electrons. The summed E-state index contributed by atoms with van der Waals surface area (Å²) in [5, 5.41) is 9.87. The number of benzene rings is 1. The number of allylic oxidation sites excluding steroid dienone is 1. The van der Waals surface area contributed by atoms with Gasteiger partial charge in [-0.25, -0.2) is 4.79 Å². The number of hydrogen-bond acceptors (Lipinski definition) is 3. The Morgan fingerprint density at radius 1 is 1.56 bits per heavy atom. The molecule has 0 aliphatic heterocycles. The van der Waals surface area contributed by atoms with Crippen molar-refractivity contribution in [2.45, 2.75) is 20.3 Å². The molecule has 3 heteroatoms. The molecule has 0 unspecified atom stereocenters. The van der Waals surface area contributed by atoms with E-state index in [1.54, 1.807) is 32.1 Å². The van der Waals surface area contributed by atoms with Gasteiger partial charge in [-0.05, 0) is 31.9 Å². The highest BCUT2D eigenvalue weighted by Gasteiger charge is 2.16. The first-order valence-electron chi connectivity index (χ1n) is 5.21. The number of aromatic hydroxyl groups is 1. The summed E-state index contributed by atoms with van der Waals surface area (Å²) in [4.78, 5) is 11.6. The molecule has 86 valence electrons. The first-order chi connectivity index (χ1) is 7.61. The van der Waals surface area contributed by atoms with E-state index < -0.39 is 5.97 Å². The van der Waals surface area contributed by atoms with Crippen LogP contribution in [0, 0.1) is 6.92 Å². The molecule has 1 aromatic rings. The molecule has 1 N–H and O–H groups in total. The van der Waals surface area contributed by atoms with Gasteiger partial charge in [0.1, 0.15) is 5.75 Å². The minimum absolute atomic E-state index is 0.144. The van der Waals surface area contributed by atoms with E-state index >= 15 is 0 Å². The summed E-state index contributed by atoms with van der Waals surface area (Å²) in [5.74, 6) is -0.264. The number of ether oxygens (including phenoxy) is 1. The molecule has 0 bridgehead atoms. The van der Waals surface area contributed by atoms with Crippen LogP contribution in [0.4, 0.5) is 0 Å². The number of aryl methyl sites for hydroxylation is 1. The zero-order chi connectivity index (χ0) is 12.1. The molecule has 0 atom stereocenters. The summed E-state index contributed by atoms with van der Waals surface area (Å²) in [6, 6.07) is 3.38. The van der Waals surface area contributed by atoms with E-state index in [0.29, 0.717) is 24.2 Å². The van der Waals surface area contributed by atoms with Gasteiger partial charge in [0.15, 0.2) is 0 Å². The topological polar surface area (TPSA) is 46.5 Å². The maximum atomic E-state index is 11.6. The molecule has 0 fully saturated rings. The van der Waals surface area contributed by atoms with Crippen LogP contribution in [0.15, 0.2) is 24.8 Å². The van der Waals surface area contributed by atoms with Crippen molar-refractivity contribution >= 4 is 5.97 Å². The van der Waals surface area contributed by atoms with Crippen molar-refractivity contribution in [3.05, 3.63) is 41.5 Å². The largest absolute Gasteiger partial charge is 0.507 e. The van der Waals surface area contributed by atoms with Crippen molar-refractivity contribution in [3.63, 3.8) is 0 Å². The van der Waals surface area contributed by atoms with Gasteiger partial charge in [0.05, 0.1) is 12.2 Å². The highest BCUT2D eigenvalue weighted by molar-refractivity contribution is 5.92. The first kappa shape index (κ1) is 12.3. The number of rotatable bonds is 4. The Morgan fingerprint density at radius 2 is 2.25 bits per heavy atom. The number of hydrogen-bond donors (Lipinski definition) is 1. The monoisotopic (exact) mass is 220 g/mol. The minimum atomic E-state index is -0.408. The summed E-state index contributed by atoms with van der Waals surface area (Å²) in [7, 11) is 0. The van der Waals surface area contributed by atoms with Crippen molar-refractivity contribution in [3.8, 4) is 5.75 Å². The normalized spacial score (nSPS) is 9.88. The van der Waals surface area contributed by atoms with Crippen LogP contribution in [0.3, 0.4) is 0 Å². The fourth-order valence-corrected chi connectivity index (χ4v) is 1.50. The lowest BCUT2D eigenvalue weighted by Crippen LogP contribution is -2.08. The van der Waals surface area contributed by atoms with Crippen molar-refractivity contribution in [2.24, 2.45) is 0 Å². The van der Waals surface area contributed by atoms with Crippen LogP contribution >= 0.6 is 0 Å². The van der Waals surface area contributed by atoms with Crippen LogP contribution in [-0.2, 0) is 11.2 Å². The zero-order valence-electron chi connectivity index (χ0n) is 9.62. The van der Waals surface area contributed by atoms with Crippen LogP contribution in [-0.4, -0.2) is 17.7 Å². The SMILES string of the molecule is C=CCc1c(C(=O)OCC)ccc(C)c1O. The molecular weight excluding hydrogens is 204 g/mol. The molecule has 0 aliphatic rings. The van der Waals surface area contributed by atoms with Gasteiger partial charge in [-0.2, -0.15) is 0 Å². The molecular formula is C13H16O3. The van der Waals surface area contributed by atoms with Gasteiger partial charge in [0.25, 0.3) is 0 Å². The average molecular weight is 220 g/mol. The van der Waals surface area contributed by atoms with E-state index in [1.165, 1.54) is 0 Å². The van der Waals surface area contributed by atoms with Crippen molar-refractivity contribution < 1.29 is 14.6 Å². The van der Waals surface area contributed by atoms with Crippen LogP contribution in [0.25, 0.3) is 0 Å². The lowest BCUT2D eigenvalue weighted by molar-refractivity contribution is 0.0524. The lowest BCUT2D eigenvalue weighted by atomic mass is 10.00. The molecule has 0 aromatic heterocycles. The maximum Gasteiger partial charge on any atom is 0.338 e. The standard InChI is InChI=1S/C13H16O3/c1-4-6-10-11(13(15)16-5-2)8-7-9(3)12(10)14/h4,7-8,14H,1,5-6H2,2-3H3. The second-order valence-corrected chi connectivity index (χ2v) is 3.47. The Morgan fingerprint density at radius 3 is 2.81 bits per heavy atom. The summed E-state index contributed by atoms with van der Waals surface area (Å²) in [6.07, 6.45) is 2.10. The predicted molar refractivity (Wildman–Crippen MR) is 62.7 cm³/mol. The fraction of sp³-hybridized carbons (Fsp3) is 0.308. The fourth-order valence-electron chi connectivity index (χ4n) is 1.50. The summed E-state index contributed by atoms with van der Waals surface area (Å²) in [5.41, 5.74) is 1.73. The molecule has 0 spiro atoms. The molecule has 0 saturated heterocycles. The Hall–Kier alpha value is -1.77.